The van der Waals surface area contributed by atoms with Crippen LogP contribution in [0.4, 0.5) is 0 Å². The number of ether oxygens (including phenoxy) is 1. The molecule has 18 heavy (non-hydrogen) atoms. The maximum absolute atomic E-state index is 10.3. The molecule has 1 aliphatic rings. The lowest BCUT2D eigenvalue weighted by Gasteiger charge is -2.24. The molecular weight excluding hydrogens is 228 g/mol. The molecule has 1 aliphatic heterocycles. The molecule has 0 bridgehead atoms. The van der Waals surface area contributed by atoms with Crippen LogP contribution in [0.25, 0.3) is 0 Å². The van der Waals surface area contributed by atoms with E-state index < -0.39 is 6.10 Å². The number of aliphatic hydroxyl groups is 1. The van der Waals surface area contributed by atoms with E-state index in [2.05, 4.69) is 4.90 Å². The van der Waals surface area contributed by atoms with Crippen LogP contribution in [0.1, 0.15) is 24.5 Å². The van der Waals surface area contributed by atoms with Gasteiger partial charge in [0, 0.05) is 12.6 Å². The molecule has 1 aromatic rings. The highest BCUT2D eigenvalue weighted by molar-refractivity contribution is 5.30. The topological polar surface area (TPSA) is 58.7 Å². The Morgan fingerprint density at radius 3 is 2.78 bits per heavy atom. The number of hydrogen-bond donors (Lipinski definition) is 2. The highest BCUT2D eigenvalue weighted by Crippen LogP contribution is 2.22. The van der Waals surface area contributed by atoms with Crippen LogP contribution in [0.5, 0.6) is 5.75 Å². The van der Waals surface area contributed by atoms with Gasteiger partial charge in [0.05, 0.1) is 13.2 Å². The molecule has 0 aliphatic carbocycles. The standard InChI is InChI=1S/C14H22N2O2/c1-18-12-6-4-5-11(9-12)14(17)13(15)10-16-7-2-3-8-16/h4-6,9,13-14,17H,2-3,7-8,10,15H2,1H3/t13-,14-/m1/s1. The molecule has 1 saturated heterocycles. The predicted molar refractivity (Wildman–Crippen MR) is 71.6 cm³/mol. The monoisotopic (exact) mass is 250 g/mol. The molecule has 4 heteroatoms. The molecule has 4 nitrogen and oxygen atoms in total. The van der Waals surface area contributed by atoms with Crippen LogP contribution >= 0.6 is 0 Å². The number of hydrogen-bond acceptors (Lipinski definition) is 4. The summed E-state index contributed by atoms with van der Waals surface area (Å²) in [6, 6.07) is 7.21. The molecule has 0 amide bonds. The molecule has 1 fully saturated rings. The van der Waals surface area contributed by atoms with E-state index in [-0.39, 0.29) is 6.04 Å². The van der Waals surface area contributed by atoms with Crippen LogP contribution in [0.2, 0.25) is 0 Å². The van der Waals surface area contributed by atoms with Crippen molar-refractivity contribution >= 4 is 0 Å². The first-order chi connectivity index (χ1) is 8.70. The second-order valence-electron chi connectivity index (χ2n) is 4.89. The van der Waals surface area contributed by atoms with Gasteiger partial charge in [-0.1, -0.05) is 12.1 Å². The van der Waals surface area contributed by atoms with E-state index in [4.69, 9.17) is 10.5 Å². The highest BCUT2D eigenvalue weighted by atomic mass is 16.5. The quantitative estimate of drug-likeness (QED) is 0.823. The molecule has 0 saturated carbocycles. The summed E-state index contributed by atoms with van der Waals surface area (Å²) in [5.41, 5.74) is 6.91. The van der Waals surface area contributed by atoms with E-state index in [0.717, 1.165) is 30.9 Å². The fourth-order valence-corrected chi connectivity index (χ4v) is 2.44. The van der Waals surface area contributed by atoms with Crippen LogP contribution in [-0.2, 0) is 0 Å². The normalized spacial score (nSPS) is 19.7. The molecule has 100 valence electrons. The third-order valence-electron chi connectivity index (χ3n) is 3.51. The van der Waals surface area contributed by atoms with Crippen molar-refractivity contribution in [2.75, 3.05) is 26.7 Å². The van der Waals surface area contributed by atoms with E-state index in [0.29, 0.717) is 0 Å². The molecule has 0 radical (unpaired) electrons. The minimum absolute atomic E-state index is 0.254. The van der Waals surface area contributed by atoms with Gasteiger partial charge in [0.15, 0.2) is 0 Å². The summed E-state index contributed by atoms with van der Waals surface area (Å²) < 4.78 is 5.16. The van der Waals surface area contributed by atoms with E-state index in [1.807, 2.05) is 24.3 Å². The van der Waals surface area contributed by atoms with Crippen molar-refractivity contribution in [3.8, 4) is 5.75 Å². The molecule has 0 aromatic heterocycles. The minimum atomic E-state index is -0.638. The zero-order valence-electron chi connectivity index (χ0n) is 10.9. The highest BCUT2D eigenvalue weighted by Gasteiger charge is 2.21. The second kappa shape index (κ2) is 6.18. The maximum atomic E-state index is 10.3. The van der Waals surface area contributed by atoms with Crippen molar-refractivity contribution in [3.63, 3.8) is 0 Å². The van der Waals surface area contributed by atoms with Gasteiger partial charge in [-0.2, -0.15) is 0 Å². The minimum Gasteiger partial charge on any atom is -0.497 e. The number of likely N-dealkylation sites (tertiary alicyclic amines) is 1. The summed E-state index contributed by atoms with van der Waals surface area (Å²) in [4.78, 5) is 2.31. The Morgan fingerprint density at radius 2 is 2.11 bits per heavy atom. The summed E-state index contributed by atoms with van der Waals surface area (Å²) in [7, 11) is 1.62. The average molecular weight is 250 g/mol. The van der Waals surface area contributed by atoms with Crippen LogP contribution in [0.3, 0.4) is 0 Å². The zero-order chi connectivity index (χ0) is 13.0. The molecule has 3 N–H and O–H groups in total. The van der Waals surface area contributed by atoms with Gasteiger partial charge in [-0.15, -0.1) is 0 Å². The Kier molecular flexibility index (Phi) is 4.58. The third-order valence-corrected chi connectivity index (χ3v) is 3.51. The first kappa shape index (κ1) is 13.3. The molecule has 2 rings (SSSR count). The SMILES string of the molecule is COc1cccc([C@@H](O)[C@H](N)CN2CCCC2)c1. The lowest BCUT2D eigenvalue weighted by Crippen LogP contribution is -2.40. The molecule has 1 aromatic carbocycles. The van der Waals surface area contributed by atoms with Gasteiger partial charge in [-0.3, -0.25) is 0 Å². The van der Waals surface area contributed by atoms with Crippen molar-refractivity contribution in [2.24, 2.45) is 5.73 Å². The lowest BCUT2D eigenvalue weighted by molar-refractivity contribution is 0.125. The van der Waals surface area contributed by atoms with Crippen LogP contribution in [-0.4, -0.2) is 42.8 Å². The van der Waals surface area contributed by atoms with Gasteiger partial charge < -0.3 is 20.5 Å². The third kappa shape index (κ3) is 3.22. The smallest absolute Gasteiger partial charge is 0.119 e. The van der Waals surface area contributed by atoms with E-state index >= 15 is 0 Å². The summed E-state index contributed by atoms with van der Waals surface area (Å²) in [6.07, 6.45) is 1.84. The number of aliphatic hydroxyl groups excluding tert-OH is 1. The molecule has 2 atom stereocenters. The Labute approximate surface area is 108 Å². The summed E-state index contributed by atoms with van der Waals surface area (Å²) in [5.74, 6) is 0.750. The van der Waals surface area contributed by atoms with Crippen molar-refractivity contribution in [1.82, 2.24) is 4.90 Å². The van der Waals surface area contributed by atoms with E-state index in [1.165, 1.54) is 12.8 Å². The summed E-state index contributed by atoms with van der Waals surface area (Å²) in [5, 5.41) is 10.3. The zero-order valence-corrected chi connectivity index (χ0v) is 10.9. The van der Waals surface area contributed by atoms with Crippen LogP contribution < -0.4 is 10.5 Å². The fourth-order valence-electron chi connectivity index (χ4n) is 2.44. The van der Waals surface area contributed by atoms with Gasteiger partial charge in [0.1, 0.15) is 5.75 Å². The summed E-state index contributed by atoms with van der Waals surface area (Å²) in [6.45, 7) is 2.94. The first-order valence-corrected chi connectivity index (χ1v) is 6.50. The Hall–Kier alpha value is -1.10. The lowest BCUT2D eigenvalue weighted by atomic mass is 10.0. The van der Waals surface area contributed by atoms with Gasteiger partial charge in [-0.05, 0) is 43.6 Å². The Morgan fingerprint density at radius 1 is 1.39 bits per heavy atom. The first-order valence-electron chi connectivity index (χ1n) is 6.50. The second-order valence-corrected chi connectivity index (χ2v) is 4.89. The molecule has 0 unspecified atom stereocenters. The number of methoxy groups -OCH3 is 1. The van der Waals surface area contributed by atoms with Crippen molar-refractivity contribution in [3.05, 3.63) is 29.8 Å². The van der Waals surface area contributed by atoms with E-state index in [1.54, 1.807) is 7.11 Å². The fraction of sp³-hybridized carbons (Fsp3) is 0.571. The Bertz CT molecular complexity index is 378. The number of benzene rings is 1. The molecule has 1 heterocycles. The largest absolute Gasteiger partial charge is 0.497 e. The maximum Gasteiger partial charge on any atom is 0.119 e. The number of nitrogens with two attached hydrogens (primary N) is 1. The number of nitrogens with zero attached hydrogens (tertiary/aromatic N) is 1. The van der Waals surface area contributed by atoms with Gasteiger partial charge in [-0.25, -0.2) is 0 Å². The van der Waals surface area contributed by atoms with Gasteiger partial charge in [0.25, 0.3) is 0 Å². The van der Waals surface area contributed by atoms with Crippen molar-refractivity contribution < 1.29 is 9.84 Å². The van der Waals surface area contributed by atoms with Crippen molar-refractivity contribution in [2.45, 2.75) is 25.0 Å². The Balaban J connectivity index is 1.97. The van der Waals surface area contributed by atoms with Gasteiger partial charge in [0.2, 0.25) is 0 Å². The van der Waals surface area contributed by atoms with Gasteiger partial charge >= 0.3 is 0 Å². The van der Waals surface area contributed by atoms with E-state index in [9.17, 15) is 5.11 Å². The number of rotatable bonds is 5. The molecular formula is C14H22N2O2. The van der Waals surface area contributed by atoms with Crippen molar-refractivity contribution in [1.29, 1.82) is 0 Å². The van der Waals surface area contributed by atoms with Crippen LogP contribution in [0, 0.1) is 0 Å². The molecule has 0 spiro atoms. The predicted octanol–water partition coefficient (Wildman–Crippen LogP) is 1.15. The summed E-state index contributed by atoms with van der Waals surface area (Å²) >= 11 is 0. The average Bonchev–Trinajstić information content (AvgIpc) is 2.90. The van der Waals surface area contributed by atoms with Crippen LogP contribution in [0.15, 0.2) is 24.3 Å².